The Morgan fingerprint density at radius 2 is 2.06 bits per heavy atom. The molecule has 1 aromatic rings. The van der Waals surface area contributed by atoms with E-state index in [1.54, 1.807) is 0 Å². The molecule has 0 saturated heterocycles. The molecule has 0 spiro atoms. The second-order valence-electron chi connectivity index (χ2n) is 2.86. The Morgan fingerprint density at radius 1 is 1.44 bits per heavy atom. The Hall–Kier alpha value is -1.33. The van der Waals surface area contributed by atoms with Gasteiger partial charge in [-0.3, -0.25) is 4.79 Å². The number of carbonyl (C=O) groups excluding carboxylic acids is 1. The molecule has 0 saturated carbocycles. The predicted molar refractivity (Wildman–Crippen MR) is 56.4 cm³/mol. The highest BCUT2D eigenvalue weighted by molar-refractivity contribution is 6.33. The van der Waals surface area contributed by atoms with Crippen LogP contribution in [0.15, 0.2) is 12.1 Å². The quantitative estimate of drug-likeness (QED) is 0.668. The molecule has 5 nitrogen and oxygen atoms in total. The number of hydrogen-bond donors (Lipinski definition) is 1. The van der Waals surface area contributed by atoms with Crippen molar-refractivity contribution in [3.8, 4) is 0 Å². The van der Waals surface area contributed by atoms with Crippen LogP contribution in [0.1, 0.15) is 18.7 Å². The number of esters is 1. The first-order valence-electron chi connectivity index (χ1n) is 4.13. The molecular weight excluding hydrogens is 257 g/mol. The van der Waals surface area contributed by atoms with Crippen molar-refractivity contribution in [2.24, 2.45) is 0 Å². The Kier molecular flexibility index (Phi) is 4.09. The molecule has 0 amide bonds. The number of hydrogen-bond acceptors (Lipinski definition) is 4. The standard InChI is InChI=1S/C9H7Cl2NO4/c1-4(13)16-8(9(14)15)6-2-5(10)3-7(11)12-6/h2-3,8H,1H3,(H,14,15). The lowest BCUT2D eigenvalue weighted by Gasteiger charge is -2.12. The summed E-state index contributed by atoms with van der Waals surface area (Å²) in [5, 5.41) is 9.10. The molecule has 1 N–H and O–H groups in total. The van der Waals surface area contributed by atoms with Crippen molar-refractivity contribution in [1.29, 1.82) is 0 Å². The molecule has 0 aliphatic rings. The van der Waals surface area contributed by atoms with Gasteiger partial charge in [0.1, 0.15) is 5.15 Å². The van der Waals surface area contributed by atoms with Crippen LogP contribution in [0, 0.1) is 0 Å². The number of carboxylic acid groups (broad SMARTS) is 1. The lowest BCUT2D eigenvalue weighted by Crippen LogP contribution is -2.19. The van der Waals surface area contributed by atoms with Crippen molar-refractivity contribution in [3.05, 3.63) is 28.0 Å². The van der Waals surface area contributed by atoms with Gasteiger partial charge in [0.2, 0.25) is 6.10 Å². The molecule has 16 heavy (non-hydrogen) atoms. The number of rotatable bonds is 3. The highest BCUT2D eigenvalue weighted by Gasteiger charge is 2.25. The molecule has 0 radical (unpaired) electrons. The molecule has 0 fully saturated rings. The molecule has 1 rings (SSSR count). The summed E-state index contributed by atoms with van der Waals surface area (Å²) in [5.74, 6) is -2.08. The maximum atomic E-state index is 10.9. The average molecular weight is 264 g/mol. The van der Waals surface area contributed by atoms with Crippen LogP contribution in [0.5, 0.6) is 0 Å². The van der Waals surface area contributed by atoms with Gasteiger partial charge in [-0.15, -0.1) is 0 Å². The lowest BCUT2D eigenvalue weighted by atomic mass is 10.2. The predicted octanol–water partition coefficient (Wildman–Crippen LogP) is 2.08. The van der Waals surface area contributed by atoms with Crippen LogP contribution < -0.4 is 0 Å². The fourth-order valence-electron chi connectivity index (χ4n) is 1.02. The van der Waals surface area contributed by atoms with Crippen molar-refractivity contribution in [2.75, 3.05) is 0 Å². The Morgan fingerprint density at radius 3 is 2.50 bits per heavy atom. The van der Waals surface area contributed by atoms with E-state index in [0.717, 1.165) is 6.92 Å². The molecule has 1 atom stereocenters. The summed E-state index contributed by atoms with van der Waals surface area (Å²) in [4.78, 5) is 25.3. The van der Waals surface area contributed by atoms with Crippen molar-refractivity contribution >= 4 is 35.1 Å². The lowest BCUT2D eigenvalue weighted by molar-refractivity contribution is -0.163. The third kappa shape index (κ3) is 3.36. The zero-order valence-corrected chi connectivity index (χ0v) is 9.62. The smallest absolute Gasteiger partial charge is 0.351 e. The normalized spacial score (nSPS) is 11.9. The Bertz CT molecular complexity index is 415. The van der Waals surface area contributed by atoms with Crippen LogP contribution >= 0.6 is 23.2 Å². The number of aromatic nitrogens is 1. The number of ether oxygens (including phenoxy) is 1. The van der Waals surface area contributed by atoms with E-state index in [9.17, 15) is 9.59 Å². The molecule has 0 aliphatic heterocycles. The maximum absolute atomic E-state index is 10.9. The molecule has 7 heteroatoms. The third-order valence-electron chi connectivity index (χ3n) is 1.56. The number of carboxylic acids is 1. The van der Waals surface area contributed by atoms with Gasteiger partial charge in [-0.2, -0.15) is 0 Å². The largest absolute Gasteiger partial charge is 0.478 e. The first-order valence-corrected chi connectivity index (χ1v) is 4.88. The van der Waals surface area contributed by atoms with Gasteiger partial charge in [0.15, 0.2) is 0 Å². The van der Waals surface area contributed by atoms with Crippen molar-refractivity contribution in [2.45, 2.75) is 13.0 Å². The monoisotopic (exact) mass is 263 g/mol. The van der Waals surface area contributed by atoms with Gasteiger partial charge < -0.3 is 9.84 Å². The fraction of sp³-hybridized carbons (Fsp3) is 0.222. The number of halogens is 2. The van der Waals surface area contributed by atoms with E-state index in [1.807, 2.05) is 0 Å². The van der Waals surface area contributed by atoms with Gasteiger partial charge in [0.25, 0.3) is 0 Å². The third-order valence-corrected chi connectivity index (χ3v) is 1.97. The topological polar surface area (TPSA) is 76.5 Å². The minimum absolute atomic E-state index is 0.0276. The van der Waals surface area contributed by atoms with Crippen LogP contribution in [0.4, 0.5) is 0 Å². The molecule has 1 aromatic heterocycles. The fourth-order valence-corrected chi connectivity index (χ4v) is 1.51. The molecule has 0 bridgehead atoms. The van der Waals surface area contributed by atoms with Crippen molar-refractivity contribution in [1.82, 2.24) is 4.98 Å². The van der Waals surface area contributed by atoms with Crippen LogP contribution in [-0.2, 0) is 14.3 Å². The highest BCUT2D eigenvalue weighted by Crippen LogP contribution is 2.22. The summed E-state index contributed by atoms with van der Waals surface area (Å²) in [6.07, 6.45) is -1.51. The summed E-state index contributed by atoms with van der Waals surface area (Å²) in [5.41, 5.74) is -0.0276. The number of pyridine rings is 1. The zero-order chi connectivity index (χ0) is 12.3. The first kappa shape index (κ1) is 12.7. The van der Waals surface area contributed by atoms with Gasteiger partial charge in [-0.25, -0.2) is 9.78 Å². The first-order chi connectivity index (χ1) is 7.40. The molecule has 86 valence electrons. The summed E-state index contributed by atoms with van der Waals surface area (Å²) >= 11 is 11.3. The molecular formula is C9H7Cl2NO4. The molecule has 1 heterocycles. The van der Waals surface area contributed by atoms with Gasteiger partial charge in [-0.05, 0) is 12.1 Å². The Labute approximate surface area is 101 Å². The van der Waals surface area contributed by atoms with E-state index in [4.69, 9.17) is 28.3 Å². The van der Waals surface area contributed by atoms with E-state index in [1.165, 1.54) is 12.1 Å². The van der Waals surface area contributed by atoms with Crippen LogP contribution in [0.25, 0.3) is 0 Å². The Balaban J connectivity index is 3.10. The van der Waals surface area contributed by atoms with E-state index >= 15 is 0 Å². The van der Waals surface area contributed by atoms with E-state index in [-0.39, 0.29) is 15.9 Å². The van der Waals surface area contributed by atoms with Gasteiger partial charge in [0.05, 0.1) is 5.69 Å². The highest BCUT2D eigenvalue weighted by atomic mass is 35.5. The van der Waals surface area contributed by atoms with E-state index in [2.05, 4.69) is 9.72 Å². The molecule has 0 aliphatic carbocycles. The minimum atomic E-state index is -1.51. The minimum Gasteiger partial charge on any atom is -0.478 e. The number of aliphatic carboxylic acids is 1. The molecule has 0 aromatic carbocycles. The number of nitrogens with zero attached hydrogens (tertiary/aromatic N) is 1. The summed E-state index contributed by atoms with van der Waals surface area (Å²) < 4.78 is 4.59. The second-order valence-corrected chi connectivity index (χ2v) is 3.68. The zero-order valence-electron chi connectivity index (χ0n) is 8.11. The van der Waals surface area contributed by atoms with Crippen molar-refractivity contribution in [3.63, 3.8) is 0 Å². The van der Waals surface area contributed by atoms with Gasteiger partial charge in [-0.1, -0.05) is 23.2 Å². The summed E-state index contributed by atoms with van der Waals surface area (Å²) in [7, 11) is 0. The average Bonchev–Trinajstić information content (AvgIpc) is 2.11. The maximum Gasteiger partial charge on any atom is 0.351 e. The summed E-state index contributed by atoms with van der Waals surface area (Å²) in [6.45, 7) is 1.10. The molecule has 1 unspecified atom stereocenters. The summed E-state index contributed by atoms with van der Waals surface area (Å²) in [6, 6.07) is 2.62. The van der Waals surface area contributed by atoms with Crippen LogP contribution in [-0.4, -0.2) is 22.0 Å². The van der Waals surface area contributed by atoms with Crippen LogP contribution in [0.3, 0.4) is 0 Å². The van der Waals surface area contributed by atoms with E-state index in [0.29, 0.717) is 0 Å². The van der Waals surface area contributed by atoms with Gasteiger partial charge >= 0.3 is 11.9 Å². The van der Waals surface area contributed by atoms with Crippen molar-refractivity contribution < 1.29 is 19.4 Å². The van der Waals surface area contributed by atoms with Gasteiger partial charge in [0, 0.05) is 11.9 Å². The van der Waals surface area contributed by atoms with Crippen LogP contribution in [0.2, 0.25) is 10.2 Å². The second kappa shape index (κ2) is 5.14. The SMILES string of the molecule is CC(=O)OC(C(=O)O)c1cc(Cl)cc(Cl)n1. The number of carbonyl (C=O) groups is 2. The van der Waals surface area contributed by atoms with E-state index < -0.39 is 18.0 Å².